The van der Waals surface area contributed by atoms with Crippen LogP contribution in [0.15, 0.2) is 50.6 Å². The number of carbonyl (C=O) groups excluding carboxylic acids is 1. The summed E-state index contributed by atoms with van der Waals surface area (Å²) in [6.45, 7) is 3.58. The van der Waals surface area contributed by atoms with E-state index in [4.69, 9.17) is 10.2 Å². The number of hydrogen-bond acceptors (Lipinski definition) is 7. The molecule has 1 aromatic carbocycles. The fourth-order valence-corrected chi connectivity index (χ4v) is 3.34. The number of hydrogen-bond donors (Lipinski definition) is 2. The van der Waals surface area contributed by atoms with Gasteiger partial charge in [0, 0.05) is 23.7 Å². The van der Waals surface area contributed by atoms with Gasteiger partial charge >= 0.3 is 5.69 Å². The fourth-order valence-electron chi connectivity index (χ4n) is 3.34. The minimum Gasteiger partial charge on any atom is -0.467 e. The Labute approximate surface area is 182 Å². The highest BCUT2D eigenvalue weighted by Crippen LogP contribution is 2.25. The van der Waals surface area contributed by atoms with Gasteiger partial charge in [-0.2, -0.15) is 0 Å². The van der Waals surface area contributed by atoms with Gasteiger partial charge in [-0.15, -0.1) is 0 Å². The third-order valence-electron chi connectivity index (χ3n) is 5.00. The van der Waals surface area contributed by atoms with Crippen molar-refractivity contribution in [3.63, 3.8) is 0 Å². The molecule has 11 nitrogen and oxygen atoms in total. The molecule has 0 saturated carbocycles. The largest absolute Gasteiger partial charge is 0.467 e. The van der Waals surface area contributed by atoms with Crippen LogP contribution < -0.4 is 21.9 Å². The number of amides is 1. The van der Waals surface area contributed by atoms with Crippen molar-refractivity contribution >= 4 is 23.1 Å². The predicted octanol–water partition coefficient (Wildman–Crippen LogP) is 2.58. The molecule has 0 aliphatic heterocycles. The maximum atomic E-state index is 13.4. The number of nitro groups is 1. The number of nitrogen functional groups attached to an aromatic ring is 1. The number of nitrogens with zero attached hydrogens (tertiary/aromatic N) is 3. The van der Waals surface area contributed by atoms with E-state index in [9.17, 15) is 24.5 Å². The number of aryl methyl sites for hydroxylation is 1. The molecule has 1 amide bonds. The second-order valence-electron chi connectivity index (χ2n) is 7.23. The fraction of sp³-hybridized carbons (Fsp3) is 0.286. The molecule has 2 aromatic heterocycles. The van der Waals surface area contributed by atoms with E-state index < -0.39 is 22.1 Å². The smallest absolute Gasteiger partial charge is 0.330 e. The first kappa shape index (κ1) is 22.5. The van der Waals surface area contributed by atoms with Gasteiger partial charge in [-0.3, -0.25) is 34.2 Å². The van der Waals surface area contributed by atoms with Gasteiger partial charge in [0.05, 0.1) is 17.7 Å². The van der Waals surface area contributed by atoms with Crippen LogP contribution in [0.1, 0.15) is 41.4 Å². The van der Waals surface area contributed by atoms with Crippen LogP contribution in [0.25, 0.3) is 0 Å². The lowest BCUT2D eigenvalue weighted by molar-refractivity contribution is -0.385. The molecule has 0 bridgehead atoms. The molecule has 2 heterocycles. The molecular weight excluding hydrogens is 418 g/mol. The zero-order chi connectivity index (χ0) is 23.4. The number of aromatic nitrogens is 2. The monoisotopic (exact) mass is 441 g/mol. The van der Waals surface area contributed by atoms with E-state index in [1.807, 2.05) is 6.92 Å². The molecule has 0 unspecified atom stereocenters. The maximum absolute atomic E-state index is 13.4. The van der Waals surface area contributed by atoms with Gasteiger partial charge in [-0.25, -0.2) is 4.79 Å². The van der Waals surface area contributed by atoms with Crippen molar-refractivity contribution < 1.29 is 14.1 Å². The molecule has 0 atom stereocenters. The molecule has 11 heteroatoms. The average molecular weight is 441 g/mol. The Morgan fingerprint density at radius 1 is 1.31 bits per heavy atom. The van der Waals surface area contributed by atoms with Crippen LogP contribution in [0.3, 0.4) is 0 Å². The number of carbonyl (C=O) groups is 1. The van der Waals surface area contributed by atoms with E-state index >= 15 is 0 Å². The van der Waals surface area contributed by atoms with E-state index in [1.165, 1.54) is 36.0 Å². The minimum atomic E-state index is -0.821. The first-order valence-corrected chi connectivity index (χ1v) is 9.96. The number of aromatic amines is 1. The summed E-state index contributed by atoms with van der Waals surface area (Å²) in [4.78, 5) is 52.4. The summed E-state index contributed by atoms with van der Waals surface area (Å²) in [5.41, 5.74) is 4.78. The van der Waals surface area contributed by atoms with Gasteiger partial charge in [-0.05, 0) is 37.6 Å². The molecular formula is C21H23N5O6. The maximum Gasteiger partial charge on any atom is 0.330 e. The van der Waals surface area contributed by atoms with E-state index in [1.54, 1.807) is 12.1 Å². The van der Waals surface area contributed by atoms with Crippen molar-refractivity contribution in [2.24, 2.45) is 0 Å². The Morgan fingerprint density at radius 2 is 2.06 bits per heavy atom. The van der Waals surface area contributed by atoms with Crippen molar-refractivity contribution in [1.82, 2.24) is 9.55 Å². The lowest BCUT2D eigenvalue weighted by Crippen LogP contribution is -2.41. The summed E-state index contributed by atoms with van der Waals surface area (Å²) in [5.74, 6) is -0.398. The molecule has 3 N–H and O–H groups in total. The first-order chi connectivity index (χ1) is 15.2. The van der Waals surface area contributed by atoms with Crippen LogP contribution in [-0.2, 0) is 13.1 Å². The molecule has 0 saturated heterocycles. The number of benzene rings is 1. The van der Waals surface area contributed by atoms with Crippen LogP contribution in [0.5, 0.6) is 0 Å². The minimum absolute atomic E-state index is 0.116. The highest BCUT2D eigenvalue weighted by molar-refractivity contribution is 6.07. The Kier molecular flexibility index (Phi) is 6.57. The lowest BCUT2D eigenvalue weighted by atomic mass is 10.1. The van der Waals surface area contributed by atoms with Crippen molar-refractivity contribution in [1.29, 1.82) is 0 Å². The number of nitrogens with one attached hydrogen (secondary N) is 1. The van der Waals surface area contributed by atoms with Gasteiger partial charge in [0.1, 0.15) is 11.6 Å². The van der Waals surface area contributed by atoms with Crippen LogP contribution in [-0.4, -0.2) is 20.4 Å². The quantitative estimate of drug-likeness (QED) is 0.401. The lowest BCUT2D eigenvalue weighted by Gasteiger charge is -2.24. The predicted molar refractivity (Wildman–Crippen MR) is 118 cm³/mol. The normalized spacial score (nSPS) is 10.8. The van der Waals surface area contributed by atoms with E-state index in [2.05, 4.69) is 4.98 Å². The SMILES string of the molecule is CCCCn1c(N)c(N(Cc2ccco2)C(=O)c2ccc([N+](=O)[O-])c(C)c2)c(=O)[nH]c1=O. The summed E-state index contributed by atoms with van der Waals surface area (Å²) in [5, 5.41) is 11.1. The number of nitro benzene ring substituents is 1. The summed E-state index contributed by atoms with van der Waals surface area (Å²) >= 11 is 0. The van der Waals surface area contributed by atoms with Crippen LogP contribution in [0, 0.1) is 17.0 Å². The molecule has 0 aliphatic carbocycles. The molecule has 3 aromatic rings. The van der Waals surface area contributed by atoms with Crippen LogP contribution in [0.4, 0.5) is 17.2 Å². The van der Waals surface area contributed by atoms with Crippen molar-refractivity contribution in [2.75, 3.05) is 10.6 Å². The number of nitrogens with two attached hydrogens (primary N) is 1. The van der Waals surface area contributed by atoms with Gasteiger partial charge < -0.3 is 10.2 Å². The summed E-state index contributed by atoms with van der Waals surface area (Å²) < 4.78 is 6.55. The second kappa shape index (κ2) is 9.33. The standard InChI is InChI=1S/C21H23N5O6/c1-3-4-9-24-18(22)17(19(27)23-21(24)29)25(12-15-6-5-10-32-15)20(28)14-7-8-16(26(30)31)13(2)11-14/h5-8,10-11H,3-4,9,12,22H2,1-2H3,(H,23,27,29). The number of anilines is 2. The Bertz CT molecular complexity index is 1260. The highest BCUT2D eigenvalue weighted by atomic mass is 16.6. The zero-order valence-corrected chi connectivity index (χ0v) is 17.7. The molecule has 0 fully saturated rings. The number of unbranched alkanes of at least 4 members (excludes halogenated alkanes) is 1. The highest BCUT2D eigenvalue weighted by Gasteiger charge is 2.27. The van der Waals surface area contributed by atoms with Gasteiger partial charge in [0.25, 0.3) is 17.2 Å². The third-order valence-corrected chi connectivity index (χ3v) is 5.00. The van der Waals surface area contributed by atoms with Gasteiger partial charge in [-0.1, -0.05) is 13.3 Å². The van der Waals surface area contributed by atoms with Gasteiger partial charge in [0.2, 0.25) is 0 Å². The Morgan fingerprint density at radius 3 is 2.66 bits per heavy atom. The van der Waals surface area contributed by atoms with Gasteiger partial charge in [0.15, 0.2) is 5.69 Å². The second-order valence-corrected chi connectivity index (χ2v) is 7.23. The van der Waals surface area contributed by atoms with E-state index in [0.717, 1.165) is 11.3 Å². The van der Waals surface area contributed by atoms with Crippen molar-refractivity contribution in [3.8, 4) is 0 Å². The summed E-state index contributed by atoms with van der Waals surface area (Å²) in [7, 11) is 0. The molecule has 0 spiro atoms. The molecule has 0 radical (unpaired) electrons. The van der Waals surface area contributed by atoms with Crippen LogP contribution in [0.2, 0.25) is 0 Å². The van der Waals surface area contributed by atoms with Crippen molar-refractivity contribution in [3.05, 3.63) is 84.4 Å². The number of furan rings is 1. The number of H-pyrrole nitrogens is 1. The molecule has 3 rings (SSSR count). The van der Waals surface area contributed by atoms with E-state index in [0.29, 0.717) is 12.2 Å². The first-order valence-electron chi connectivity index (χ1n) is 9.96. The third kappa shape index (κ3) is 4.46. The molecule has 168 valence electrons. The Hall–Kier alpha value is -4.15. The topological polar surface area (TPSA) is 157 Å². The summed E-state index contributed by atoms with van der Waals surface area (Å²) in [6.07, 6.45) is 2.85. The van der Waals surface area contributed by atoms with Crippen LogP contribution >= 0.6 is 0 Å². The molecule has 0 aliphatic rings. The Balaban J connectivity index is 2.15. The number of rotatable bonds is 8. The van der Waals surface area contributed by atoms with E-state index in [-0.39, 0.29) is 41.4 Å². The average Bonchev–Trinajstić information content (AvgIpc) is 3.25. The summed E-state index contributed by atoms with van der Waals surface area (Å²) in [6, 6.07) is 7.15. The zero-order valence-electron chi connectivity index (χ0n) is 17.7. The molecule has 32 heavy (non-hydrogen) atoms. The van der Waals surface area contributed by atoms with Crippen molar-refractivity contribution in [2.45, 2.75) is 39.8 Å².